The number of carbonyl (C=O) groups excluding carboxylic acids is 1. The van der Waals surface area contributed by atoms with E-state index in [2.05, 4.69) is 5.16 Å². The fourth-order valence-corrected chi connectivity index (χ4v) is 2.21. The highest BCUT2D eigenvalue weighted by molar-refractivity contribution is 5.90. The van der Waals surface area contributed by atoms with E-state index in [4.69, 9.17) is 23.2 Å². The average molecular weight is 343 g/mol. The second-order valence-electron chi connectivity index (χ2n) is 5.03. The first kappa shape index (κ1) is 16.6. The van der Waals surface area contributed by atoms with E-state index in [1.165, 1.54) is 13.4 Å². The Morgan fingerprint density at radius 1 is 1.16 bits per heavy atom. The molecule has 0 spiro atoms. The van der Waals surface area contributed by atoms with Crippen LogP contribution in [0.3, 0.4) is 0 Å². The standard InChI is InChI=1S/C18H17NO6/c1-3-22-15-7-6-12(9-16(15)21-2)18(20)24-11-13-10-17(25-19-13)14-5-4-8-23-14/h4-10H,3,11H2,1-2H3. The lowest BCUT2D eigenvalue weighted by atomic mass is 10.2. The minimum absolute atomic E-state index is 0.0153. The van der Waals surface area contributed by atoms with Crippen LogP contribution in [0, 0.1) is 0 Å². The van der Waals surface area contributed by atoms with Crippen LogP contribution >= 0.6 is 0 Å². The van der Waals surface area contributed by atoms with Gasteiger partial charge in [0.2, 0.25) is 5.76 Å². The van der Waals surface area contributed by atoms with E-state index in [-0.39, 0.29) is 6.61 Å². The van der Waals surface area contributed by atoms with Gasteiger partial charge in [0.1, 0.15) is 12.3 Å². The maximum Gasteiger partial charge on any atom is 0.338 e. The molecule has 25 heavy (non-hydrogen) atoms. The third-order valence-electron chi connectivity index (χ3n) is 3.37. The van der Waals surface area contributed by atoms with Crippen molar-refractivity contribution in [2.45, 2.75) is 13.5 Å². The number of furan rings is 1. The lowest BCUT2D eigenvalue weighted by molar-refractivity contribution is 0.0464. The maximum atomic E-state index is 12.2. The van der Waals surface area contributed by atoms with Gasteiger partial charge in [0.25, 0.3) is 0 Å². The maximum absolute atomic E-state index is 12.2. The third kappa shape index (κ3) is 3.82. The molecule has 0 bridgehead atoms. The van der Waals surface area contributed by atoms with E-state index >= 15 is 0 Å². The normalized spacial score (nSPS) is 10.5. The van der Waals surface area contributed by atoms with Gasteiger partial charge in [-0.2, -0.15) is 0 Å². The molecule has 2 heterocycles. The Labute approximate surface area is 144 Å². The molecular formula is C18H17NO6. The molecule has 0 radical (unpaired) electrons. The summed E-state index contributed by atoms with van der Waals surface area (Å²) in [5, 5.41) is 3.85. The molecule has 0 unspecified atom stereocenters. The van der Waals surface area contributed by atoms with Crippen molar-refractivity contribution in [3.05, 3.63) is 53.9 Å². The van der Waals surface area contributed by atoms with Crippen molar-refractivity contribution < 1.29 is 27.9 Å². The Bertz CT molecular complexity index is 837. The summed E-state index contributed by atoms with van der Waals surface area (Å²) in [4.78, 5) is 12.2. The van der Waals surface area contributed by atoms with Crippen LogP contribution in [0.25, 0.3) is 11.5 Å². The van der Waals surface area contributed by atoms with Crippen LogP contribution in [0.15, 0.2) is 51.6 Å². The number of hydrogen-bond donors (Lipinski definition) is 0. The second kappa shape index (κ2) is 7.57. The monoisotopic (exact) mass is 343 g/mol. The van der Waals surface area contributed by atoms with Gasteiger partial charge in [0.15, 0.2) is 17.3 Å². The number of carbonyl (C=O) groups is 1. The summed E-state index contributed by atoms with van der Waals surface area (Å²) in [5.41, 5.74) is 0.840. The van der Waals surface area contributed by atoms with Crippen molar-refractivity contribution in [1.29, 1.82) is 0 Å². The highest BCUT2D eigenvalue weighted by Crippen LogP contribution is 2.28. The molecule has 0 fully saturated rings. The smallest absolute Gasteiger partial charge is 0.338 e. The molecule has 0 saturated carbocycles. The van der Waals surface area contributed by atoms with Crippen LogP contribution in [0.2, 0.25) is 0 Å². The van der Waals surface area contributed by atoms with Gasteiger partial charge in [0.05, 0.1) is 25.5 Å². The van der Waals surface area contributed by atoms with Gasteiger partial charge in [-0.25, -0.2) is 4.79 Å². The van der Waals surface area contributed by atoms with Crippen molar-refractivity contribution in [1.82, 2.24) is 5.16 Å². The first-order valence-electron chi connectivity index (χ1n) is 7.68. The lowest BCUT2D eigenvalue weighted by Crippen LogP contribution is -2.06. The zero-order valence-corrected chi connectivity index (χ0v) is 13.9. The van der Waals surface area contributed by atoms with E-state index in [0.717, 1.165) is 0 Å². The number of esters is 1. The molecule has 0 amide bonds. The van der Waals surface area contributed by atoms with E-state index < -0.39 is 5.97 Å². The minimum Gasteiger partial charge on any atom is -0.493 e. The van der Waals surface area contributed by atoms with Crippen LogP contribution in [0.1, 0.15) is 23.0 Å². The Hall–Kier alpha value is -3.22. The van der Waals surface area contributed by atoms with Crippen LogP contribution < -0.4 is 9.47 Å². The van der Waals surface area contributed by atoms with Gasteiger partial charge < -0.3 is 23.2 Å². The Morgan fingerprint density at radius 2 is 2.04 bits per heavy atom. The summed E-state index contributed by atoms with van der Waals surface area (Å²) >= 11 is 0. The molecule has 0 saturated heterocycles. The molecule has 130 valence electrons. The quantitative estimate of drug-likeness (QED) is 0.605. The van der Waals surface area contributed by atoms with Gasteiger partial charge in [-0.3, -0.25) is 0 Å². The fourth-order valence-electron chi connectivity index (χ4n) is 2.21. The van der Waals surface area contributed by atoms with Gasteiger partial charge in [0, 0.05) is 6.07 Å². The zero-order valence-electron chi connectivity index (χ0n) is 13.9. The number of hydrogen-bond acceptors (Lipinski definition) is 7. The van der Waals surface area contributed by atoms with Crippen LogP contribution in [-0.4, -0.2) is 24.8 Å². The van der Waals surface area contributed by atoms with Crippen LogP contribution in [0.5, 0.6) is 11.5 Å². The van der Waals surface area contributed by atoms with Crippen LogP contribution in [0.4, 0.5) is 0 Å². The van der Waals surface area contributed by atoms with E-state index in [1.807, 2.05) is 6.92 Å². The lowest BCUT2D eigenvalue weighted by Gasteiger charge is -2.10. The first-order valence-corrected chi connectivity index (χ1v) is 7.68. The predicted octanol–water partition coefficient (Wildman–Crippen LogP) is 3.70. The molecule has 0 aliphatic heterocycles. The van der Waals surface area contributed by atoms with Gasteiger partial charge >= 0.3 is 5.97 Å². The van der Waals surface area contributed by atoms with Crippen molar-refractivity contribution in [2.75, 3.05) is 13.7 Å². The SMILES string of the molecule is CCOc1ccc(C(=O)OCc2cc(-c3ccco3)on2)cc1OC. The fraction of sp³-hybridized carbons (Fsp3) is 0.222. The van der Waals surface area contributed by atoms with Crippen molar-refractivity contribution >= 4 is 5.97 Å². The Morgan fingerprint density at radius 3 is 2.76 bits per heavy atom. The molecule has 7 nitrogen and oxygen atoms in total. The molecule has 0 N–H and O–H groups in total. The molecular weight excluding hydrogens is 326 g/mol. The van der Waals surface area contributed by atoms with Gasteiger partial charge in [-0.15, -0.1) is 0 Å². The minimum atomic E-state index is -0.496. The molecule has 3 aromatic rings. The molecule has 7 heteroatoms. The van der Waals surface area contributed by atoms with Gasteiger partial charge in [-0.1, -0.05) is 5.16 Å². The predicted molar refractivity (Wildman–Crippen MR) is 87.5 cm³/mol. The number of rotatable bonds is 7. The van der Waals surface area contributed by atoms with Crippen molar-refractivity contribution in [3.63, 3.8) is 0 Å². The van der Waals surface area contributed by atoms with E-state index in [1.54, 1.807) is 36.4 Å². The molecule has 0 aliphatic rings. The van der Waals surface area contributed by atoms with E-state index in [0.29, 0.717) is 40.9 Å². The van der Waals surface area contributed by atoms with Crippen molar-refractivity contribution in [2.24, 2.45) is 0 Å². The molecule has 0 aliphatic carbocycles. The Kier molecular flexibility index (Phi) is 5.03. The zero-order chi connectivity index (χ0) is 17.6. The molecule has 2 aromatic heterocycles. The number of aromatic nitrogens is 1. The third-order valence-corrected chi connectivity index (χ3v) is 3.37. The van der Waals surface area contributed by atoms with Gasteiger partial charge in [-0.05, 0) is 37.3 Å². The number of methoxy groups -OCH3 is 1. The van der Waals surface area contributed by atoms with Crippen molar-refractivity contribution in [3.8, 4) is 23.0 Å². The number of nitrogens with zero attached hydrogens (tertiary/aromatic N) is 1. The molecule has 1 aromatic carbocycles. The summed E-state index contributed by atoms with van der Waals surface area (Å²) in [7, 11) is 1.51. The molecule has 0 atom stereocenters. The highest BCUT2D eigenvalue weighted by Gasteiger charge is 2.14. The number of ether oxygens (including phenoxy) is 3. The van der Waals surface area contributed by atoms with E-state index in [9.17, 15) is 4.79 Å². The topological polar surface area (TPSA) is 83.9 Å². The van der Waals surface area contributed by atoms with Crippen LogP contribution in [-0.2, 0) is 11.3 Å². The number of benzene rings is 1. The second-order valence-corrected chi connectivity index (χ2v) is 5.03. The highest BCUT2D eigenvalue weighted by atomic mass is 16.5. The summed E-state index contributed by atoms with van der Waals surface area (Å²) < 4.78 is 26.3. The Balaban J connectivity index is 1.64. The first-order chi connectivity index (χ1) is 12.2. The average Bonchev–Trinajstić information content (AvgIpc) is 3.31. The summed E-state index contributed by atoms with van der Waals surface area (Å²) in [6.45, 7) is 2.36. The summed E-state index contributed by atoms with van der Waals surface area (Å²) in [6, 6.07) is 10.0. The largest absolute Gasteiger partial charge is 0.493 e. The summed E-state index contributed by atoms with van der Waals surface area (Å²) in [5.74, 6) is 1.57. The molecule has 3 rings (SSSR count). The summed E-state index contributed by atoms with van der Waals surface area (Å²) in [6.07, 6.45) is 1.54.